The third kappa shape index (κ3) is 3.84. The highest BCUT2D eigenvalue weighted by Crippen LogP contribution is 2.27. The quantitative estimate of drug-likeness (QED) is 0.500. The number of halogens is 2. The van der Waals surface area contributed by atoms with Crippen LogP contribution in [0, 0.1) is 9.39 Å². The van der Waals surface area contributed by atoms with Gasteiger partial charge in [0.25, 0.3) is 10.0 Å². The van der Waals surface area contributed by atoms with Crippen LogP contribution in [0.15, 0.2) is 60.0 Å². The molecule has 2 aromatic rings. The number of anilines is 1. The first-order chi connectivity index (χ1) is 10.9. The van der Waals surface area contributed by atoms with Crippen molar-refractivity contribution in [3.05, 3.63) is 64.5 Å². The molecule has 0 aliphatic carbocycles. The molecule has 0 radical (unpaired) electrons. The fraction of sp³-hybridized carbons (Fsp3) is 0.125. The van der Waals surface area contributed by atoms with E-state index in [2.05, 4.69) is 29.2 Å². The molecule has 0 saturated heterocycles. The predicted molar refractivity (Wildman–Crippen MR) is 96.8 cm³/mol. The summed E-state index contributed by atoms with van der Waals surface area (Å²) in [6.45, 7) is 3.67. The molecule has 0 bridgehead atoms. The number of methoxy groups -OCH3 is 1. The smallest absolute Gasteiger partial charge is 0.264 e. The van der Waals surface area contributed by atoms with Gasteiger partial charge in [-0.05, 0) is 65.1 Å². The Morgan fingerprint density at radius 1 is 1.26 bits per heavy atom. The Kier molecular flexibility index (Phi) is 5.64. The molecule has 0 unspecified atom stereocenters. The number of hydrogen-bond donors (Lipinski definition) is 0. The number of sulfonamides is 1. The lowest BCUT2D eigenvalue weighted by Gasteiger charge is -2.23. The summed E-state index contributed by atoms with van der Waals surface area (Å²) < 4.78 is 46.5. The first-order valence-corrected chi connectivity index (χ1v) is 9.14. The van der Waals surface area contributed by atoms with Gasteiger partial charge in [0.15, 0.2) is 11.6 Å². The third-order valence-electron chi connectivity index (χ3n) is 3.12. The van der Waals surface area contributed by atoms with Crippen molar-refractivity contribution in [3.8, 4) is 5.75 Å². The van der Waals surface area contributed by atoms with Crippen molar-refractivity contribution >= 4 is 38.3 Å². The molecule has 0 aliphatic heterocycles. The average Bonchev–Trinajstić information content (AvgIpc) is 2.53. The standard InChI is InChI=1S/C16H15FINO3S/c1-3-10-19(13-6-4-12(18)5-7-13)23(20,21)14-8-9-16(22-2)15(17)11-14/h3-9,11H,1,10H2,2H3. The third-order valence-corrected chi connectivity index (χ3v) is 5.63. The van der Waals surface area contributed by atoms with Gasteiger partial charge in [0.1, 0.15) is 0 Å². The molecule has 0 saturated carbocycles. The number of hydrogen-bond acceptors (Lipinski definition) is 3. The lowest BCUT2D eigenvalue weighted by molar-refractivity contribution is 0.385. The summed E-state index contributed by atoms with van der Waals surface area (Å²) in [5, 5.41) is 0. The number of nitrogens with zero attached hydrogens (tertiary/aromatic N) is 1. The molecule has 0 fully saturated rings. The summed E-state index contributed by atoms with van der Waals surface area (Å²) in [6.07, 6.45) is 1.48. The van der Waals surface area contributed by atoms with E-state index < -0.39 is 15.8 Å². The molecule has 122 valence electrons. The number of benzene rings is 2. The maximum atomic E-state index is 13.9. The fourth-order valence-electron chi connectivity index (χ4n) is 2.00. The van der Waals surface area contributed by atoms with Crippen LogP contribution in [0.25, 0.3) is 0 Å². The molecule has 0 spiro atoms. The van der Waals surface area contributed by atoms with Gasteiger partial charge in [-0.3, -0.25) is 4.31 Å². The van der Waals surface area contributed by atoms with Gasteiger partial charge in [0.2, 0.25) is 0 Å². The minimum atomic E-state index is -3.91. The summed E-state index contributed by atoms with van der Waals surface area (Å²) in [5.74, 6) is -0.733. The second-order valence-electron chi connectivity index (χ2n) is 4.60. The van der Waals surface area contributed by atoms with Crippen LogP contribution in [0.3, 0.4) is 0 Å². The molecule has 2 rings (SSSR count). The predicted octanol–water partition coefficient (Wildman–Crippen LogP) is 3.82. The Morgan fingerprint density at radius 2 is 1.91 bits per heavy atom. The van der Waals surface area contributed by atoms with E-state index in [1.807, 2.05) is 0 Å². The summed E-state index contributed by atoms with van der Waals surface area (Å²) in [7, 11) is -2.59. The Hall–Kier alpha value is -1.61. The van der Waals surface area contributed by atoms with Crippen molar-refractivity contribution in [3.63, 3.8) is 0 Å². The van der Waals surface area contributed by atoms with E-state index in [9.17, 15) is 12.8 Å². The summed E-state index contributed by atoms with van der Waals surface area (Å²) in [5.41, 5.74) is 0.488. The number of rotatable bonds is 6. The lowest BCUT2D eigenvalue weighted by atomic mass is 10.3. The largest absolute Gasteiger partial charge is 0.494 e. The van der Waals surface area contributed by atoms with E-state index in [4.69, 9.17) is 4.74 Å². The zero-order valence-electron chi connectivity index (χ0n) is 12.4. The highest BCUT2D eigenvalue weighted by atomic mass is 127. The van der Waals surface area contributed by atoms with Crippen molar-refractivity contribution in [1.82, 2.24) is 0 Å². The second kappa shape index (κ2) is 7.31. The van der Waals surface area contributed by atoms with Crippen molar-refractivity contribution in [1.29, 1.82) is 0 Å². The van der Waals surface area contributed by atoms with Crippen LogP contribution in [0.1, 0.15) is 0 Å². The molecule has 23 heavy (non-hydrogen) atoms. The van der Waals surface area contributed by atoms with Crippen LogP contribution < -0.4 is 9.04 Å². The second-order valence-corrected chi connectivity index (χ2v) is 7.71. The average molecular weight is 447 g/mol. The highest BCUT2D eigenvalue weighted by molar-refractivity contribution is 14.1. The van der Waals surface area contributed by atoms with E-state index in [1.54, 1.807) is 24.3 Å². The van der Waals surface area contributed by atoms with Gasteiger partial charge < -0.3 is 4.74 Å². The summed E-state index contributed by atoms with van der Waals surface area (Å²) in [6, 6.07) is 10.6. The van der Waals surface area contributed by atoms with Gasteiger partial charge in [-0.1, -0.05) is 6.08 Å². The van der Waals surface area contributed by atoms with Gasteiger partial charge in [-0.25, -0.2) is 12.8 Å². The van der Waals surface area contributed by atoms with E-state index in [-0.39, 0.29) is 17.2 Å². The van der Waals surface area contributed by atoms with Crippen molar-refractivity contribution < 1.29 is 17.5 Å². The van der Waals surface area contributed by atoms with Crippen LogP contribution in [0.2, 0.25) is 0 Å². The topological polar surface area (TPSA) is 46.6 Å². The highest BCUT2D eigenvalue weighted by Gasteiger charge is 2.25. The van der Waals surface area contributed by atoms with Crippen LogP contribution in [-0.2, 0) is 10.0 Å². The van der Waals surface area contributed by atoms with Crippen molar-refractivity contribution in [2.75, 3.05) is 18.0 Å². The molecular weight excluding hydrogens is 432 g/mol. The van der Waals surface area contributed by atoms with Crippen LogP contribution in [-0.4, -0.2) is 22.1 Å². The zero-order valence-corrected chi connectivity index (χ0v) is 15.3. The van der Waals surface area contributed by atoms with E-state index >= 15 is 0 Å². The molecule has 0 N–H and O–H groups in total. The molecule has 4 nitrogen and oxygen atoms in total. The summed E-state index contributed by atoms with van der Waals surface area (Å²) in [4.78, 5) is -0.142. The Morgan fingerprint density at radius 3 is 2.43 bits per heavy atom. The minimum Gasteiger partial charge on any atom is -0.494 e. The van der Waals surface area contributed by atoms with Gasteiger partial charge in [0, 0.05) is 3.57 Å². The Labute approximate surface area is 148 Å². The molecule has 7 heteroatoms. The maximum Gasteiger partial charge on any atom is 0.264 e. The van der Waals surface area contributed by atoms with Crippen LogP contribution in [0.5, 0.6) is 5.75 Å². The summed E-state index contributed by atoms with van der Waals surface area (Å²) >= 11 is 2.13. The van der Waals surface area contributed by atoms with Gasteiger partial charge >= 0.3 is 0 Å². The normalized spacial score (nSPS) is 11.1. The molecule has 0 heterocycles. The molecule has 0 atom stereocenters. The molecule has 0 amide bonds. The molecule has 0 aliphatic rings. The van der Waals surface area contributed by atoms with Crippen molar-refractivity contribution in [2.45, 2.75) is 4.90 Å². The maximum absolute atomic E-state index is 13.9. The lowest BCUT2D eigenvalue weighted by Crippen LogP contribution is -2.31. The van der Waals surface area contributed by atoms with E-state index in [0.717, 1.165) is 9.64 Å². The fourth-order valence-corrected chi connectivity index (χ4v) is 3.81. The van der Waals surface area contributed by atoms with Crippen molar-refractivity contribution in [2.24, 2.45) is 0 Å². The Bertz CT molecular complexity index is 807. The molecular formula is C16H15FINO3S. The SMILES string of the molecule is C=CCN(c1ccc(I)cc1)S(=O)(=O)c1ccc(OC)c(F)c1. The number of ether oxygens (including phenoxy) is 1. The van der Waals surface area contributed by atoms with E-state index in [1.165, 1.54) is 29.6 Å². The first-order valence-electron chi connectivity index (χ1n) is 6.63. The Balaban J connectivity index is 2.50. The molecule has 2 aromatic carbocycles. The first kappa shape index (κ1) is 17.7. The van der Waals surface area contributed by atoms with Gasteiger partial charge in [-0.2, -0.15) is 0 Å². The monoisotopic (exact) mass is 447 g/mol. The van der Waals surface area contributed by atoms with Gasteiger partial charge in [-0.15, -0.1) is 6.58 Å². The van der Waals surface area contributed by atoms with Crippen LogP contribution >= 0.6 is 22.6 Å². The van der Waals surface area contributed by atoms with Crippen LogP contribution in [0.4, 0.5) is 10.1 Å². The zero-order chi connectivity index (χ0) is 17.0. The minimum absolute atomic E-state index is 0.00603. The van der Waals surface area contributed by atoms with Gasteiger partial charge in [0.05, 0.1) is 24.2 Å². The van der Waals surface area contributed by atoms with E-state index in [0.29, 0.717) is 5.69 Å². The molecule has 0 aromatic heterocycles.